The summed E-state index contributed by atoms with van der Waals surface area (Å²) in [5.74, 6) is 0.200. The van der Waals surface area contributed by atoms with Crippen molar-refractivity contribution in [1.82, 2.24) is 20.0 Å². The second-order valence-corrected chi connectivity index (χ2v) is 7.65. The van der Waals surface area contributed by atoms with Crippen molar-refractivity contribution in [1.29, 1.82) is 0 Å². The predicted octanol–water partition coefficient (Wildman–Crippen LogP) is 3.06. The summed E-state index contributed by atoms with van der Waals surface area (Å²) in [6, 6.07) is 4.38. The van der Waals surface area contributed by atoms with E-state index in [-0.39, 0.29) is 17.9 Å². The lowest BCUT2D eigenvalue weighted by Crippen LogP contribution is -2.53. The summed E-state index contributed by atoms with van der Waals surface area (Å²) in [7, 11) is 0. The Balaban J connectivity index is 1.74. The molecule has 9 nitrogen and oxygen atoms in total. The van der Waals surface area contributed by atoms with E-state index >= 15 is 0 Å². The van der Waals surface area contributed by atoms with Crippen LogP contribution in [0, 0.1) is 13.8 Å². The largest absolute Gasteiger partial charge is 0.465 e. The molecule has 0 radical (unpaired) electrons. The molecule has 1 amide bonds. The topological polar surface area (TPSA) is 115 Å². The molecule has 1 aliphatic rings. The average molecular weight is 403 g/mol. The number of carbonyl (C=O) groups is 1. The Bertz CT molecular complexity index is 869. The highest BCUT2D eigenvalue weighted by Crippen LogP contribution is 2.27. The van der Waals surface area contributed by atoms with E-state index in [2.05, 4.69) is 26.5 Å². The third kappa shape index (κ3) is 4.86. The van der Waals surface area contributed by atoms with Gasteiger partial charge < -0.3 is 24.8 Å². The van der Waals surface area contributed by atoms with Crippen molar-refractivity contribution in [3.8, 4) is 0 Å². The second-order valence-electron chi connectivity index (χ2n) is 7.65. The fourth-order valence-corrected chi connectivity index (χ4v) is 3.64. The first-order chi connectivity index (χ1) is 13.8. The average Bonchev–Trinajstić information content (AvgIpc) is 3.13. The van der Waals surface area contributed by atoms with Crippen molar-refractivity contribution in [3.63, 3.8) is 0 Å². The molecule has 1 aliphatic heterocycles. The number of benzene rings is 1. The Morgan fingerprint density at radius 1 is 1.34 bits per heavy atom. The molecule has 0 bridgehead atoms. The third-order valence-corrected chi connectivity index (χ3v) is 5.36. The van der Waals surface area contributed by atoms with Crippen LogP contribution in [0.25, 0.3) is 0 Å². The minimum absolute atomic E-state index is 0.0363. The highest BCUT2D eigenvalue weighted by Gasteiger charge is 2.27. The summed E-state index contributed by atoms with van der Waals surface area (Å²) in [5, 5.41) is 30.1. The summed E-state index contributed by atoms with van der Waals surface area (Å²) in [6.45, 7) is 10.5. The van der Waals surface area contributed by atoms with Crippen molar-refractivity contribution in [2.24, 2.45) is 0 Å². The predicted molar refractivity (Wildman–Crippen MR) is 108 cm³/mol. The van der Waals surface area contributed by atoms with Gasteiger partial charge in [-0.05, 0) is 49.9 Å². The van der Waals surface area contributed by atoms with Crippen LogP contribution in [0.2, 0.25) is 0 Å². The fraction of sp³-hybridized carbons (Fsp3) is 0.550. The highest BCUT2D eigenvalue weighted by atomic mass is 16.4. The van der Waals surface area contributed by atoms with Crippen molar-refractivity contribution in [2.75, 3.05) is 25.0 Å². The van der Waals surface area contributed by atoms with Gasteiger partial charge in [-0.2, -0.15) is 0 Å². The molecule has 29 heavy (non-hydrogen) atoms. The molecule has 2 atom stereocenters. The van der Waals surface area contributed by atoms with Crippen molar-refractivity contribution >= 4 is 17.8 Å². The molecule has 0 saturated carbocycles. The zero-order valence-electron chi connectivity index (χ0n) is 17.3. The number of hydrogen-bond donors (Lipinski definition) is 3. The number of nitrogens with one attached hydrogen (secondary N) is 1. The van der Waals surface area contributed by atoms with E-state index in [1.165, 1.54) is 4.90 Å². The minimum atomic E-state index is -0.859. The molecule has 0 aliphatic carbocycles. The molecular weight excluding hydrogens is 374 g/mol. The second kappa shape index (κ2) is 8.79. The number of aryl methyl sites for hydroxylation is 1. The van der Waals surface area contributed by atoms with Gasteiger partial charge in [0.1, 0.15) is 6.10 Å². The monoisotopic (exact) mass is 403 g/mol. The van der Waals surface area contributed by atoms with Gasteiger partial charge in [-0.3, -0.25) is 4.90 Å². The molecule has 1 aromatic carbocycles. The molecular formula is C20H29N5O4. The standard InChI is InChI=1S/C20H29N5O4/c1-5-17(26)18-22-23-19(29-18)21-16-9-12(2)8-15(14(16)4)11-24-6-7-25(20(27)28)13(3)10-24/h8-9,13,17,26H,5-7,10-11H2,1-4H3,(H,21,23)(H,27,28)/t13-,17-/m0/s1. The number of piperazine rings is 1. The number of aromatic nitrogens is 2. The summed E-state index contributed by atoms with van der Waals surface area (Å²) in [4.78, 5) is 15.0. The molecule has 1 saturated heterocycles. The van der Waals surface area contributed by atoms with Crippen LogP contribution in [0.3, 0.4) is 0 Å². The molecule has 9 heteroatoms. The van der Waals surface area contributed by atoms with Gasteiger partial charge in [0.25, 0.3) is 0 Å². The molecule has 0 spiro atoms. The van der Waals surface area contributed by atoms with Gasteiger partial charge in [-0.15, -0.1) is 5.10 Å². The van der Waals surface area contributed by atoms with Crippen LogP contribution in [0.15, 0.2) is 16.5 Å². The lowest BCUT2D eigenvalue weighted by Gasteiger charge is -2.38. The zero-order chi connectivity index (χ0) is 21.1. The number of amides is 1. The van der Waals surface area contributed by atoms with Crippen LogP contribution in [0.1, 0.15) is 49.0 Å². The van der Waals surface area contributed by atoms with Gasteiger partial charge >= 0.3 is 12.1 Å². The Morgan fingerprint density at radius 3 is 2.76 bits per heavy atom. The Hall–Kier alpha value is -2.65. The van der Waals surface area contributed by atoms with Crippen LogP contribution in [0.4, 0.5) is 16.5 Å². The lowest BCUT2D eigenvalue weighted by atomic mass is 10.0. The lowest BCUT2D eigenvalue weighted by molar-refractivity contribution is 0.0710. The van der Waals surface area contributed by atoms with Gasteiger partial charge in [0.2, 0.25) is 5.89 Å². The smallest absolute Gasteiger partial charge is 0.407 e. The number of carboxylic acid groups (broad SMARTS) is 1. The minimum Gasteiger partial charge on any atom is -0.465 e. The molecule has 0 unspecified atom stereocenters. The molecule has 3 rings (SSSR count). The SMILES string of the molecule is CC[C@H](O)c1nnc(Nc2cc(C)cc(CN3CCN(C(=O)O)[C@@H](C)C3)c2C)o1. The van der Waals surface area contributed by atoms with E-state index in [0.29, 0.717) is 26.1 Å². The molecule has 1 aromatic heterocycles. The van der Waals surface area contributed by atoms with Crippen LogP contribution < -0.4 is 5.32 Å². The number of aliphatic hydroxyl groups excluding tert-OH is 1. The zero-order valence-corrected chi connectivity index (χ0v) is 17.3. The van der Waals surface area contributed by atoms with Crippen LogP contribution >= 0.6 is 0 Å². The molecule has 2 aromatic rings. The maximum Gasteiger partial charge on any atom is 0.407 e. The van der Waals surface area contributed by atoms with Crippen LogP contribution in [0.5, 0.6) is 0 Å². The van der Waals surface area contributed by atoms with Gasteiger partial charge in [-0.1, -0.05) is 18.1 Å². The van der Waals surface area contributed by atoms with Crippen molar-refractivity contribution in [3.05, 3.63) is 34.7 Å². The Morgan fingerprint density at radius 2 is 2.10 bits per heavy atom. The highest BCUT2D eigenvalue weighted by molar-refractivity contribution is 5.65. The number of rotatable bonds is 6. The van der Waals surface area contributed by atoms with Crippen molar-refractivity contribution in [2.45, 2.75) is 52.8 Å². The van der Waals surface area contributed by atoms with Gasteiger partial charge in [0.15, 0.2) is 0 Å². The van der Waals surface area contributed by atoms with Gasteiger partial charge in [-0.25, -0.2) is 4.79 Å². The fourth-order valence-electron chi connectivity index (χ4n) is 3.64. The van der Waals surface area contributed by atoms with E-state index in [1.54, 1.807) is 0 Å². The first-order valence-electron chi connectivity index (χ1n) is 9.89. The number of hydrogen-bond acceptors (Lipinski definition) is 7. The van der Waals surface area contributed by atoms with E-state index in [1.807, 2.05) is 33.8 Å². The molecule has 158 valence electrons. The van der Waals surface area contributed by atoms with Crippen LogP contribution in [-0.4, -0.2) is 62.0 Å². The molecule has 1 fully saturated rings. The molecule has 2 heterocycles. The van der Waals surface area contributed by atoms with E-state index < -0.39 is 12.2 Å². The first-order valence-corrected chi connectivity index (χ1v) is 9.89. The number of anilines is 2. The summed E-state index contributed by atoms with van der Waals surface area (Å²) in [6.07, 6.45) is -1.12. The van der Waals surface area contributed by atoms with E-state index in [4.69, 9.17) is 4.42 Å². The summed E-state index contributed by atoms with van der Waals surface area (Å²) >= 11 is 0. The maximum atomic E-state index is 11.3. The molecule has 3 N–H and O–H groups in total. The number of nitrogens with zero attached hydrogens (tertiary/aromatic N) is 4. The number of aliphatic hydroxyl groups is 1. The van der Waals surface area contributed by atoms with Gasteiger partial charge in [0, 0.05) is 37.9 Å². The first kappa shape index (κ1) is 21.1. The van der Waals surface area contributed by atoms with E-state index in [9.17, 15) is 15.0 Å². The third-order valence-electron chi connectivity index (χ3n) is 5.36. The van der Waals surface area contributed by atoms with Crippen LogP contribution in [-0.2, 0) is 6.54 Å². The quantitative estimate of drug-likeness (QED) is 0.674. The van der Waals surface area contributed by atoms with E-state index in [0.717, 1.165) is 28.9 Å². The van der Waals surface area contributed by atoms with Gasteiger partial charge in [0.05, 0.1) is 0 Å². The Kier molecular flexibility index (Phi) is 6.39. The summed E-state index contributed by atoms with van der Waals surface area (Å²) in [5.41, 5.74) is 4.20. The maximum absolute atomic E-state index is 11.3. The van der Waals surface area contributed by atoms with Crippen molar-refractivity contribution < 1.29 is 19.4 Å². The normalized spacial score (nSPS) is 18.7. The summed E-state index contributed by atoms with van der Waals surface area (Å²) < 4.78 is 5.52. The Labute approximate surface area is 170 Å².